The van der Waals surface area contributed by atoms with Gasteiger partial charge in [0.25, 0.3) is 0 Å². The van der Waals surface area contributed by atoms with Crippen LogP contribution in [0.1, 0.15) is 11.1 Å². The van der Waals surface area contributed by atoms with Gasteiger partial charge in [0.1, 0.15) is 23.8 Å². The Hall–Kier alpha value is -3.04. The zero-order chi connectivity index (χ0) is 21.1. The lowest BCUT2D eigenvalue weighted by Gasteiger charge is -2.34. The number of hydrogen-bond acceptors (Lipinski definition) is 7. The van der Waals surface area contributed by atoms with Gasteiger partial charge in [0.05, 0.1) is 4.90 Å². The van der Waals surface area contributed by atoms with E-state index < -0.39 is 10.0 Å². The van der Waals surface area contributed by atoms with Crippen molar-refractivity contribution in [2.75, 3.05) is 36.4 Å². The lowest BCUT2D eigenvalue weighted by molar-refractivity contribution is 0.384. The minimum atomic E-state index is -3.48. The predicted molar refractivity (Wildman–Crippen MR) is 116 cm³/mol. The minimum Gasteiger partial charge on any atom is -0.354 e. The summed E-state index contributed by atoms with van der Waals surface area (Å²) in [6.07, 6.45) is 3.25. The van der Waals surface area contributed by atoms with Crippen LogP contribution in [0, 0.1) is 13.8 Å². The molecule has 0 saturated carbocycles. The number of nitrogens with zero attached hydrogens (tertiary/aromatic N) is 5. The van der Waals surface area contributed by atoms with Crippen LogP contribution >= 0.6 is 0 Å². The van der Waals surface area contributed by atoms with Crippen LogP contribution in [0.25, 0.3) is 0 Å². The molecule has 0 atom stereocenters. The van der Waals surface area contributed by atoms with Gasteiger partial charge in [0.2, 0.25) is 10.0 Å². The van der Waals surface area contributed by atoms with E-state index in [9.17, 15) is 8.42 Å². The Morgan fingerprint density at radius 1 is 0.833 bits per heavy atom. The lowest BCUT2D eigenvalue weighted by Crippen LogP contribution is -2.48. The average Bonchev–Trinajstić information content (AvgIpc) is 2.74. The van der Waals surface area contributed by atoms with E-state index in [0.717, 1.165) is 16.9 Å². The maximum atomic E-state index is 12.9. The van der Waals surface area contributed by atoms with E-state index in [4.69, 9.17) is 0 Å². The predicted octanol–water partition coefficient (Wildman–Crippen LogP) is 2.74. The van der Waals surface area contributed by atoms with Crippen molar-refractivity contribution >= 4 is 27.5 Å². The van der Waals surface area contributed by atoms with Crippen LogP contribution in [0.4, 0.5) is 17.5 Å². The van der Waals surface area contributed by atoms with Gasteiger partial charge in [-0.05, 0) is 43.7 Å². The molecule has 0 unspecified atom stereocenters. The highest BCUT2D eigenvalue weighted by Crippen LogP contribution is 2.22. The van der Waals surface area contributed by atoms with Gasteiger partial charge in [-0.2, -0.15) is 4.31 Å². The normalized spacial score (nSPS) is 15.2. The van der Waals surface area contributed by atoms with Gasteiger partial charge in [-0.3, -0.25) is 0 Å². The molecule has 0 amide bonds. The number of rotatable bonds is 5. The van der Waals surface area contributed by atoms with E-state index in [2.05, 4.69) is 25.2 Å². The summed E-state index contributed by atoms with van der Waals surface area (Å²) in [5.74, 6) is 2.12. The van der Waals surface area contributed by atoms with Crippen LogP contribution in [-0.4, -0.2) is 53.9 Å². The monoisotopic (exact) mass is 424 g/mol. The van der Waals surface area contributed by atoms with E-state index in [0.29, 0.717) is 42.7 Å². The number of hydrogen-bond donors (Lipinski definition) is 1. The van der Waals surface area contributed by atoms with Gasteiger partial charge in [-0.1, -0.05) is 17.7 Å². The SMILES string of the molecule is Cc1ccc(S(=O)(=O)N2CCN(c3cc(Nc4cc(C)ccn4)ncn3)CC2)cc1. The Bertz CT molecular complexity index is 1130. The molecule has 1 aromatic carbocycles. The quantitative estimate of drug-likeness (QED) is 0.673. The van der Waals surface area contributed by atoms with Gasteiger partial charge in [-0.25, -0.2) is 23.4 Å². The molecule has 9 heteroatoms. The number of pyridine rings is 1. The third-order valence-electron chi connectivity index (χ3n) is 5.05. The maximum Gasteiger partial charge on any atom is 0.243 e. The molecule has 3 heterocycles. The van der Waals surface area contributed by atoms with Gasteiger partial charge in [-0.15, -0.1) is 0 Å². The summed E-state index contributed by atoms with van der Waals surface area (Å²) in [6.45, 7) is 5.87. The molecule has 1 fully saturated rings. The second-order valence-corrected chi connectivity index (χ2v) is 9.25. The number of benzene rings is 1. The van der Waals surface area contributed by atoms with Crippen molar-refractivity contribution < 1.29 is 8.42 Å². The molecule has 8 nitrogen and oxygen atoms in total. The number of piperazine rings is 1. The Balaban J connectivity index is 1.43. The first kappa shape index (κ1) is 20.2. The van der Waals surface area contributed by atoms with Crippen LogP contribution < -0.4 is 10.2 Å². The fourth-order valence-electron chi connectivity index (χ4n) is 3.34. The fourth-order valence-corrected chi connectivity index (χ4v) is 4.76. The summed E-state index contributed by atoms with van der Waals surface area (Å²) in [4.78, 5) is 15.3. The molecule has 0 radical (unpaired) electrons. The summed E-state index contributed by atoms with van der Waals surface area (Å²) in [6, 6.07) is 12.7. The third kappa shape index (κ3) is 4.42. The topological polar surface area (TPSA) is 91.3 Å². The van der Waals surface area contributed by atoms with Crippen LogP contribution in [0.15, 0.2) is 59.9 Å². The van der Waals surface area contributed by atoms with Crippen molar-refractivity contribution in [2.24, 2.45) is 0 Å². The molecule has 1 saturated heterocycles. The molecule has 30 heavy (non-hydrogen) atoms. The van der Waals surface area contributed by atoms with Crippen LogP contribution in [0.5, 0.6) is 0 Å². The van der Waals surface area contributed by atoms with E-state index in [1.807, 2.05) is 44.2 Å². The zero-order valence-corrected chi connectivity index (χ0v) is 17.8. The van der Waals surface area contributed by atoms with Crippen LogP contribution in [0.3, 0.4) is 0 Å². The highest BCUT2D eigenvalue weighted by Gasteiger charge is 2.29. The standard InChI is InChI=1S/C21H24N6O2S/c1-16-3-5-18(6-4-16)30(28,29)27-11-9-26(10-12-27)21-14-20(23-15-24-21)25-19-13-17(2)7-8-22-19/h3-8,13-15H,9-12H2,1-2H3,(H,22,23,24,25). The second kappa shape index (κ2) is 8.37. The van der Waals surface area contributed by atoms with Crippen molar-refractivity contribution in [2.45, 2.75) is 18.7 Å². The largest absolute Gasteiger partial charge is 0.354 e. The maximum absolute atomic E-state index is 12.9. The summed E-state index contributed by atoms with van der Waals surface area (Å²) >= 11 is 0. The summed E-state index contributed by atoms with van der Waals surface area (Å²) in [5, 5.41) is 3.19. The average molecular weight is 425 g/mol. The smallest absolute Gasteiger partial charge is 0.243 e. The first-order valence-corrected chi connectivity index (χ1v) is 11.2. The highest BCUT2D eigenvalue weighted by molar-refractivity contribution is 7.89. The number of aryl methyl sites for hydroxylation is 2. The Labute approximate surface area is 176 Å². The molecule has 0 bridgehead atoms. The number of nitrogens with one attached hydrogen (secondary N) is 1. The first-order valence-electron chi connectivity index (χ1n) is 9.75. The van der Waals surface area contributed by atoms with Crippen molar-refractivity contribution in [3.05, 3.63) is 66.1 Å². The van der Waals surface area contributed by atoms with Crippen molar-refractivity contribution in [3.63, 3.8) is 0 Å². The molecule has 0 aliphatic carbocycles. The first-order chi connectivity index (χ1) is 14.4. The van der Waals surface area contributed by atoms with Crippen molar-refractivity contribution in [1.29, 1.82) is 0 Å². The van der Waals surface area contributed by atoms with E-state index in [1.54, 1.807) is 18.3 Å². The molecule has 156 valence electrons. The molecule has 4 rings (SSSR count). The summed E-state index contributed by atoms with van der Waals surface area (Å²) < 4.78 is 27.3. The molecular formula is C21H24N6O2S. The molecule has 1 N–H and O–H groups in total. The van der Waals surface area contributed by atoms with Gasteiger partial charge < -0.3 is 10.2 Å². The molecular weight excluding hydrogens is 400 g/mol. The van der Waals surface area contributed by atoms with E-state index in [-0.39, 0.29) is 0 Å². The highest BCUT2D eigenvalue weighted by atomic mass is 32.2. The number of aromatic nitrogens is 3. The fraction of sp³-hybridized carbons (Fsp3) is 0.286. The minimum absolute atomic E-state index is 0.334. The summed E-state index contributed by atoms with van der Waals surface area (Å²) in [7, 11) is -3.48. The molecule has 3 aromatic rings. The second-order valence-electron chi connectivity index (χ2n) is 7.31. The lowest BCUT2D eigenvalue weighted by atomic mass is 10.2. The van der Waals surface area contributed by atoms with Crippen molar-refractivity contribution in [3.8, 4) is 0 Å². The summed E-state index contributed by atoms with van der Waals surface area (Å²) in [5.41, 5.74) is 2.14. The number of sulfonamides is 1. The van der Waals surface area contributed by atoms with Gasteiger partial charge in [0.15, 0.2) is 0 Å². The van der Waals surface area contributed by atoms with E-state index in [1.165, 1.54) is 10.6 Å². The van der Waals surface area contributed by atoms with Gasteiger partial charge >= 0.3 is 0 Å². The van der Waals surface area contributed by atoms with E-state index >= 15 is 0 Å². The molecule has 0 spiro atoms. The third-order valence-corrected chi connectivity index (χ3v) is 6.96. The van der Waals surface area contributed by atoms with Crippen LogP contribution in [0.2, 0.25) is 0 Å². The molecule has 1 aliphatic rings. The zero-order valence-electron chi connectivity index (χ0n) is 17.0. The number of anilines is 3. The molecule has 1 aliphatic heterocycles. The Morgan fingerprint density at radius 3 is 2.23 bits per heavy atom. The Kier molecular flexibility index (Phi) is 5.65. The van der Waals surface area contributed by atoms with Crippen LogP contribution in [-0.2, 0) is 10.0 Å². The Morgan fingerprint density at radius 2 is 1.53 bits per heavy atom. The van der Waals surface area contributed by atoms with Gasteiger partial charge in [0, 0.05) is 38.4 Å². The van der Waals surface area contributed by atoms with Crippen molar-refractivity contribution in [1.82, 2.24) is 19.3 Å². The molecule has 2 aromatic heterocycles.